The van der Waals surface area contributed by atoms with Crippen LogP contribution >= 0.6 is 0 Å². The molecule has 4 nitrogen and oxygen atoms in total. The van der Waals surface area contributed by atoms with Crippen molar-refractivity contribution in [1.82, 2.24) is 0 Å². The van der Waals surface area contributed by atoms with Crippen LogP contribution in [0.15, 0.2) is 29.2 Å². The van der Waals surface area contributed by atoms with Crippen molar-refractivity contribution in [1.29, 1.82) is 0 Å². The lowest BCUT2D eigenvalue weighted by molar-refractivity contribution is -0.154. The third-order valence-corrected chi connectivity index (χ3v) is 4.41. The molecule has 0 aliphatic rings. The van der Waals surface area contributed by atoms with Gasteiger partial charge in [0.2, 0.25) is 0 Å². The summed E-state index contributed by atoms with van der Waals surface area (Å²) in [5.41, 5.74) is 0.477. The van der Waals surface area contributed by atoms with Gasteiger partial charge in [-0.25, -0.2) is 8.42 Å². The van der Waals surface area contributed by atoms with Crippen LogP contribution < -0.4 is 0 Å². The Morgan fingerprint density at radius 3 is 2.20 bits per heavy atom. The molecular formula is C15H22O4S. The second-order valence-electron chi connectivity index (χ2n) is 5.82. The van der Waals surface area contributed by atoms with Crippen molar-refractivity contribution >= 4 is 15.8 Å². The Kier molecular flexibility index (Phi) is 5.34. The summed E-state index contributed by atoms with van der Waals surface area (Å²) in [6.45, 7) is 7.26. The third kappa shape index (κ3) is 5.74. The standard InChI is InChI=1S/C15H22O4S/c1-12-7-9-13(10-8-12)20(17,18)11-5-6-14(16)19-15(2,3)4/h7-10H,5-6,11H2,1-4H3. The largest absolute Gasteiger partial charge is 0.460 e. The van der Waals surface area contributed by atoms with Gasteiger partial charge in [-0.05, 0) is 46.2 Å². The Balaban J connectivity index is 2.53. The van der Waals surface area contributed by atoms with Gasteiger partial charge in [-0.1, -0.05) is 17.7 Å². The van der Waals surface area contributed by atoms with Gasteiger partial charge in [0.15, 0.2) is 9.84 Å². The molecule has 0 saturated heterocycles. The van der Waals surface area contributed by atoms with E-state index in [2.05, 4.69) is 0 Å². The maximum atomic E-state index is 12.1. The number of carbonyl (C=O) groups is 1. The van der Waals surface area contributed by atoms with E-state index in [-0.39, 0.29) is 24.6 Å². The lowest BCUT2D eigenvalue weighted by Crippen LogP contribution is -2.24. The van der Waals surface area contributed by atoms with Gasteiger partial charge < -0.3 is 4.74 Å². The molecule has 0 saturated carbocycles. The first-order valence-corrected chi connectivity index (χ1v) is 8.27. The number of rotatable bonds is 5. The molecule has 20 heavy (non-hydrogen) atoms. The first kappa shape index (κ1) is 16.7. The molecule has 112 valence electrons. The van der Waals surface area contributed by atoms with E-state index in [1.807, 2.05) is 6.92 Å². The molecule has 0 heterocycles. The van der Waals surface area contributed by atoms with Gasteiger partial charge in [-0.2, -0.15) is 0 Å². The van der Waals surface area contributed by atoms with Gasteiger partial charge >= 0.3 is 5.97 Å². The minimum absolute atomic E-state index is 0.0463. The van der Waals surface area contributed by atoms with Gasteiger partial charge in [0, 0.05) is 6.42 Å². The molecule has 0 aliphatic carbocycles. The predicted octanol–water partition coefficient (Wildman–Crippen LogP) is 2.89. The summed E-state index contributed by atoms with van der Waals surface area (Å²) in [7, 11) is -3.32. The number of ether oxygens (including phenoxy) is 1. The Labute approximate surface area is 121 Å². The number of hydrogen-bond donors (Lipinski definition) is 0. The lowest BCUT2D eigenvalue weighted by atomic mass is 10.2. The number of benzene rings is 1. The molecule has 0 fully saturated rings. The van der Waals surface area contributed by atoms with E-state index in [4.69, 9.17) is 4.74 Å². The highest BCUT2D eigenvalue weighted by Gasteiger charge is 2.18. The summed E-state index contributed by atoms with van der Waals surface area (Å²) in [5, 5.41) is 0. The molecule has 0 aromatic heterocycles. The van der Waals surface area contributed by atoms with Gasteiger partial charge in [0.05, 0.1) is 10.6 Å². The number of hydrogen-bond acceptors (Lipinski definition) is 4. The summed E-state index contributed by atoms with van der Waals surface area (Å²) < 4.78 is 29.3. The van der Waals surface area contributed by atoms with Crippen LogP contribution in [-0.2, 0) is 19.4 Å². The van der Waals surface area contributed by atoms with E-state index in [1.165, 1.54) is 0 Å². The Hall–Kier alpha value is -1.36. The summed E-state index contributed by atoms with van der Waals surface area (Å²) >= 11 is 0. The van der Waals surface area contributed by atoms with Crippen molar-refractivity contribution in [3.8, 4) is 0 Å². The molecular weight excluding hydrogens is 276 g/mol. The normalized spacial score (nSPS) is 12.2. The molecule has 0 radical (unpaired) electrons. The van der Waals surface area contributed by atoms with E-state index in [1.54, 1.807) is 45.0 Å². The van der Waals surface area contributed by atoms with E-state index in [9.17, 15) is 13.2 Å². The molecule has 0 aliphatic heterocycles. The first-order chi connectivity index (χ1) is 9.10. The molecule has 0 atom stereocenters. The summed E-state index contributed by atoms with van der Waals surface area (Å²) in [6.07, 6.45) is 0.382. The molecule has 1 aromatic rings. The molecule has 1 rings (SSSR count). The maximum Gasteiger partial charge on any atom is 0.306 e. The van der Waals surface area contributed by atoms with Crippen molar-refractivity contribution in [2.24, 2.45) is 0 Å². The van der Waals surface area contributed by atoms with E-state index in [0.717, 1.165) is 5.56 Å². The van der Waals surface area contributed by atoms with Crippen LogP contribution in [0.25, 0.3) is 0 Å². The third-order valence-electron chi connectivity index (χ3n) is 2.59. The predicted molar refractivity (Wildman–Crippen MR) is 78.3 cm³/mol. The summed E-state index contributed by atoms with van der Waals surface area (Å²) in [5.74, 6) is -0.411. The van der Waals surface area contributed by atoms with Crippen LogP contribution in [0.3, 0.4) is 0 Å². The van der Waals surface area contributed by atoms with Crippen molar-refractivity contribution in [2.45, 2.75) is 51.0 Å². The molecule has 0 N–H and O–H groups in total. The van der Waals surface area contributed by atoms with Crippen LogP contribution in [0.1, 0.15) is 39.2 Å². The second-order valence-corrected chi connectivity index (χ2v) is 7.93. The summed E-state index contributed by atoms with van der Waals surface area (Å²) in [6, 6.07) is 6.72. The Morgan fingerprint density at radius 1 is 1.15 bits per heavy atom. The Morgan fingerprint density at radius 2 is 1.70 bits per heavy atom. The van der Waals surface area contributed by atoms with Crippen molar-refractivity contribution in [2.75, 3.05) is 5.75 Å². The van der Waals surface area contributed by atoms with Gasteiger partial charge in [0.1, 0.15) is 5.60 Å². The molecule has 0 unspecified atom stereocenters. The van der Waals surface area contributed by atoms with Gasteiger partial charge in [0.25, 0.3) is 0 Å². The monoisotopic (exact) mass is 298 g/mol. The van der Waals surface area contributed by atoms with Crippen LogP contribution in [0.4, 0.5) is 0 Å². The number of esters is 1. The molecule has 0 bridgehead atoms. The quantitative estimate of drug-likeness (QED) is 0.784. The molecule has 0 amide bonds. The molecule has 5 heteroatoms. The average Bonchev–Trinajstić information content (AvgIpc) is 2.26. The fourth-order valence-electron chi connectivity index (χ4n) is 1.66. The topological polar surface area (TPSA) is 60.4 Å². The second kappa shape index (κ2) is 6.39. The highest BCUT2D eigenvalue weighted by Crippen LogP contribution is 2.15. The van der Waals surface area contributed by atoms with Crippen molar-refractivity contribution in [3.63, 3.8) is 0 Å². The average molecular weight is 298 g/mol. The summed E-state index contributed by atoms with van der Waals surface area (Å²) in [4.78, 5) is 11.8. The highest BCUT2D eigenvalue weighted by molar-refractivity contribution is 7.91. The van der Waals surface area contributed by atoms with Crippen LogP contribution in [0.5, 0.6) is 0 Å². The fraction of sp³-hybridized carbons (Fsp3) is 0.533. The minimum Gasteiger partial charge on any atom is -0.460 e. The maximum absolute atomic E-state index is 12.1. The van der Waals surface area contributed by atoms with E-state index < -0.39 is 15.4 Å². The fourth-order valence-corrected chi connectivity index (χ4v) is 2.97. The number of sulfone groups is 1. The zero-order chi connectivity index (χ0) is 15.4. The van der Waals surface area contributed by atoms with Gasteiger partial charge in [-0.3, -0.25) is 4.79 Å². The van der Waals surface area contributed by atoms with Crippen molar-refractivity contribution in [3.05, 3.63) is 29.8 Å². The van der Waals surface area contributed by atoms with Gasteiger partial charge in [-0.15, -0.1) is 0 Å². The Bertz CT molecular complexity index is 551. The molecule has 0 spiro atoms. The SMILES string of the molecule is Cc1ccc(S(=O)(=O)CCCC(=O)OC(C)(C)C)cc1. The lowest BCUT2D eigenvalue weighted by Gasteiger charge is -2.19. The van der Waals surface area contributed by atoms with Crippen LogP contribution in [0, 0.1) is 6.92 Å². The van der Waals surface area contributed by atoms with Crippen LogP contribution in [-0.4, -0.2) is 25.7 Å². The van der Waals surface area contributed by atoms with E-state index >= 15 is 0 Å². The smallest absolute Gasteiger partial charge is 0.306 e. The minimum atomic E-state index is -3.32. The van der Waals surface area contributed by atoms with Crippen molar-refractivity contribution < 1.29 is 17.9 Å². The van der Waals surface area contributed by atoms with E-state index in [0.29, 0.717) is 4.90 Å². The number of carbonyl (C=O) groups excluding carboxylic acids is 1. The zero-order valence-electron chi connectivity index (χ0n) is 12.5. The zero-order valence-corrected chi connectivity index (χ0v) is 13.3. The van der Waals surface area contributed by atoms with Crippen LogP contribution in [0.2, 0.25) is 0 Å². The first-order valence-electron chi connectivity index (χ1n) is 6.61. The molecule has 1 aromatic carbocycles. The highest BCUT2D eigenvalue weighted by atomic mass is 32.2. The number of aryl methyl sites for hydroxylation is 1.